The van der Waals surface area contributed by atoms with Crippen LogP contribution in [0.3, 0.4) is 0 Å². The molecule has 32 heavy (non-hydrogen) atoms. The van der Waals surface area contributed by atoms with Crippen molar-refractivity contribution in [3.63, 3.8) is 0 Å². The maximum Gasteiger partial charge on any atom is 0.135 e. The summed E-state index contributed by atoms with van der Waals surface area (Å²) in [5, 5.41) is 3.62. The molecule has 6 rings (SSSR count). The fourth-order valence-corrected chi connectivity index (χ4v) is 5.50. The van der Waals surface area contributed by atoms with Crippen LogP contribution in [0.4, 0.5) is 5.82 Å². The monoisotopic (exact) mass is 421 g/mol. The van der Waals surface area contributed by atoms with Gasteiger partial charge in [-0.3, -0.25) is 0 Å². The predicted octanol–water partition coefficient (Wildman–Crippen LogP) is 7.25. The molecule has 2 aromatic heterocycles. The summed E-state index contributed by atoms with van der Waals surface area (Å²) >= 11 is 0. The van der Waals surface area contributed by atoms with E-state index in [1.54, 1.807) is 0 Å². The minimum absolute atomic E-state index is 0.158. The van der Waals surface area contributed by atoms with E-state index in [1.165, 1.54) is 27.3 Å². The first-order valence-corrected chi connectivity index (χ1v) is 11.2. The molecule has 1 aliphatic rings. The van der Waals surface area contributed by atoms with E-state index in [-0.39, 0.29) is 11.7 Å². The fraction of sp³-hybridized carbons (Fsp3) is 0.214. The van der Waals surface area contributed by atoms with E-state index in [4.69, 9.17) is 4.42 Å². The number of fused-ring (bicyclic) bond motifs is 4. The first-order valence-electron chi connectivity index (χ1n) is 11.2. The molecule has 3 aromatic carbocycles. The molecule has 0 saturated carbocycles. The van der Waals surface area contributed by atoms with Crippen LogP contribution in [0, 0.1) is 6.92 Å². The van der Waals surface area contributed by atoms with Crippen LogP contribution in [0.1, 0.15) is 31.9 Å². The Hall–Kier alpha value is -3.66. The molecule has 0 fully saturated rings. The number of hydrogen-bond donors (Lipinski definition) is 1. The number of furan rings is 1. The fourth-order valence-electron chi connectivity index (χ4n) is 5.50. The van der Waals surface area contributed by atoms with Gasteiger partial charge >= 0.3 is 0 Å². The van der Waals surface area contributed by atoms with Crippen molar-refractivity contribution in [3.8, 4) is 0 Å². The number of rotatable bonds is 3. The van der Waals surface area contributed by atoms with E-state index in [9.17, 15) is 0 Å². The number of hydrogen-bond acceptors (Lipinski definition) is 3. The van der Waals surface area contributed by atoms with Crippen LogP contribution in [0.5, 0.6) is 0 Å². The highest BCUT2D eigenvalue weighted by atomic mass is 16.3. The van der Waals surface area contributed by atoms with Crippen LogP contribution in [-0.4, -0.2) is 16.0 Å². The van der Waals surface area contributed by atoms with Gasteiger partial charge in [-0.15, -0.1) is 0 Å². The molecule has 4 heteroatoms. The second-order valence-electron chi connectivity index (χ2n) is 9.27. The first kappa shape index (κ1) is 19.1. The highest BCUT2D eigenvalue weighted by molar-refractivity contribution is 6.07. The van der Waals surface area contributed by atoms with E-state index in [2.05, 4.69) is 116 Å². The summed E-state index contributed by atoms with van der Waals surface area (Å²) in [7, 11) is 0. The second kappa shape index (κ2) is 6.67. The van der Waals surface area contributed by atoms with Gasteiger partial charge in [-0.2, -0.15) is 0 Å². The van der Waals surface area contributed by atoms with Crippen molar-refractivity contribution >= 4 is 38.7 Å². The second-order valence-corrected chi connectivity index (χ2v) is 9.27. The van der Waals surface area contributed by atoms with Crippen LogP contribution in [-0.2, 0) is 5.54 Å². The van der Waals surface area contributed by atoms with Gasteiger partial charge in [-0.1, -0.05) is 42.5 Å². The number of aromatic nitrogens is 1. The molecule has 160 valence electrons. The van der Waals surface area contributed by atoms with E-state index >= 15 is 0 Å². The molecule has 0 aliphatic carbocycles. The van der Waals surface area contributed by atoms with E-state index in [0.717, 1.165) is 22.5 Å². The summed E-state index contributed by atoms with van der Waals surface area (Å²) in [5.41, 5.74) is 5.39. The van der Waals surface area contributed by atoms with Gasteiger partial charge in [-0.05, 0) is 63.1 Å². The maximum atomic E-state index is 6.20. The average molecular weight is 422 g/mol. The van der Waals surface area contributed by atoms with Gasteiger partial charge in [0.1, 0.15) is 23.1 Å². The Labute approximate surface area is 187 Å². The zero-order chi connectivity index (χ0) is 22.0. The summed E-state index contributed by atoms with van der Waals surface area (Å²) in [6.45, 7) is 9.09. The van der Waals surface area contributed by atoms with Gasteiger partial charge in [0.25, 0.3) is 0 Å². The third-order valence-electron chi connectivity index (χ3n) is 7.00. The number of nitrogens with one attached hydrogen (secondary N) is 1. The van der Waals surface area contributed by atoms with Gasteiger partial charge in [0.15, 0.2) is 0 Å². The summed E-state index contributed by atoms with van der Waals surface area (Å²) in [4.78, 5) is 8.33. The largest absolute Gasteiger partial charge is 0.456 e. The van der Waals surface area contributed by atoms with E-state index in [0.29, 0.717) is 0 Å². The predicted molar refractivity (Wildman–Crippen MR) is 133 cm³/mol. The molecule has 0 bridgehead atoms. The van der Waals surface area contributed by atoms with Crippen molar-refractivity contribution in [2.24, 2.45) is 0 Å². The molecular weight excluding hydrogens is 394 g/mol. The third kappa shape index (κ3) is 2.62. The number of nitrogens with zero attached hydrogens (tertiary/aromatic N) is 2. The number of H-pyrrole nitrogens is 1. The summed E-state index contributed by atoms with van der Waals surface area (Å²) in [6.07, 6.45) is 4.56. The summed E-state index contributed by atoms with van der Waals surface area (Å²) < 4.78 is 6.20. The van der Waals surface area contributed by atoms with Gasteiger partial charge in [-0.25, -0.2) is 0 Å². The number of aryl methyl sites for hydroxylation is 1. The average Bonchev–Trinajstić information content (AvgIpc) is 3.47. The van der Waals surface area contributed by atoms with Gasteiger partial charge in [0, 0.05) is 34.1 Å². The molecule has 0 spiro atoms. The lowest BCUT2D eigenvalue weighted by Gasteiger charge is -2.42. The zero-order valence-corrected chi connectivity index (χ0v) is 18.9. The molecular formula is C28H27N3O. The Balaban J connectivity index is 1.45. The summed E-state index contributed by atoms with van der Waals surface area (Å²) in [5.74, 6) is 1.11. The lowest BCUT2D eigenvalue weighted by Crippen LogP contribution is -2.46. The van der Waals surface area contributed by atoms with Gasteiger partial charge < -0.3 is 19.2 Å². The Kier molecular flexibility index (Phi) is 3.97. The lowest BCUT2D eigenvalue weighted by atomic mass is 9.85. The number of benzene rings is 3. The van der Waals surface area contributed by atoms with Crippen molar-refractivity contribution in [2.75, 3.05) is 4.90 Å². The molecule has 3 heterocycles. The van der Waals surface area contributed by atoms with Crippen molar-refractivity contribution in [1.29, 1.82) is 0 Å². The van der Waals surface area contributed by atoms with E-state index in [1.807, 2.05) is 6.07 Å². The number of aromatic amines is 1. The minimum Gasteiger partial charge on any atom is -0.456 e. The molecule has 1 atom stereocenters. The normalized spacial score (nSPS) is 16.8. The third-order valence-corrected chi connectivity index (χ3v) is 7.00. The van der Waals surface area contributed by atoms with Crippen LogP contribution in [0.15, 0.2) is 83.5 Å². The van der Waals surface area contributed by atoms with Crippen LogP contribution >= 0.6 is 0 Å². The molecule has 0 radical (unpaired) electrons. The SMILES string of the molecule is Cc1ccc2oc3ccccc3c2c1C(C)(C)N1C=CN(c2cc3ccccc3[nH]2)[C@H]1C. The maximum absolute atomic E-state index is 6.20. The minimum atomic E-state index is -0.243. The highest BCUT2D eigenvalue weighted by Gasteiger charge is 2.38. The molecule has 0 unspecified atom stereocenters. The molecule has 0 saturated heterocycles. The van der Waals surface area contributed by atoms with Crippen LogP contribution < -0.4 is 4.90 Å². The quantitative estimate of drug-likeness (QED) is 0.333. The number of anilines is 1. The van der Waals surface area contributed by atoms with Crippen molar-refractivity contribution in [2.45, 2.75) is 39.4 Å². The van der Waals surface area contributed by atoms with Crippen molar-refractivity contribution in [1.82, 2.24) is 9.88 Å². The number of para-hydroxylation sites is 2. The molecule has 1 aliphatic heterocycles. The Morgan fingerprint density at radius 1 is 0.906 bits per heavy atom. The molecule has 1 N–H and O–H groups in total. The lowest BCUT2D eigenvalue weighted by molar-refractivity contribution is 0.153. The summed E-state index contributed by atoms with van der Waals surface area (Å²) in [6, 6.07) is 23.3. The standard InChI is InChI=1S/C28H27N3O/c1-18-13-14-24-26(21-10-6-8-12-23(21)32-24)27(18)28(3,4)31-16-15-30(19(31)2)25-17-20-9-5-7-11-22(20)29-25/h5-17,19,29H,1-4H3/t19-/m1/s1. The molecule has 0 amide bonds. The van der Waals surface area contributed by atoms with Crippen molar-refractivity contribution < 1.29 is 4.42 Å². The first-order chi connectivity index (χ1) is 15.4. The zero-order valence-electron chi connectivity index (χ0n) is 18.9. The van der Waals surface area contributed by atoms with E-state index < -0.39 is 0 Å². The Morgan fingerprint density at radius 3 is 2.53 bits per heavy atom. The Morgan fingerprint density at radius 2 is 1.69 bits per heavy atom. The highest BCUT2D eigenvalue weighted by Crippen LogP contribution is 2.43. The van der Waals surface area contributed by atoms with Crippen LogP contribution in [0.25, 0.3) is 32.8 Å². The smallest absolute Gasteiger partial charge is 0.135 e. The van der Waals surface area contributed by atoms with Gasteiger partial charge in [0.2, 0.25) is 0 Å². The molecule has 5 aromatic rings. The van der Waals surface area contributed by atoms with Crippen LogP contribution in [0.2, 0.25) is 0 Å². The molecule has 4 nitrogen and oxygen atoms in total. The van der Waals surface area contributed by atoms with Crippen molar-refractivity contribution in [3.05, 3.63) is 90.3 Å². The van der Waals surface area contributed by atoms with Gasteiger partial charge in [0.05, 0.1) is 5.54 Å². The topological polar surface area (TPSA) is 35.4 Å². The Bertz CT molecular complexity index is 1470.